The average molecular weight is 310 g/mol. The molecule has 0 spiro atoms. The van der Waals surface area contributed by atoms with E-state index in [2.05, 4.69) is 52.3 Å². The van der Waals surface area contributed by atoms with Crippen LogP contribution >= 0.6 is 15.9 Å². The highest BCUT2D eigenvalue weighted by Crippen LogP contribution is 2.28. The number of hydrazone groups is 1. The number of rotatable bonds is 5. The lowest BCUT2D eigenvalue weighted by Crippen LogP contribution is -2.29. The van der Waals surface area contributed by atoms with Gasteiger partial charge in [-0.1, -0.05) is 40.7 Å². The number of hydrogen-bond acceptors (Lipinski definition) is 2. The van der Waals surface area contributed by atoms with E-state index < -0.39 is 0 Å². The largest absolute Gasteiger partial charge is 0.259 e. The van der Waals surface area contributed by atoms with Crippen molar-refractivity contribution in [3.05, 3.63) is 36.0 Å². The van der Waals surface area contributed by atoms with Crippen LogP contribution in [0.5, 0.6) is 0 Å². The van der Waals surface area contributed by atoms with Crippen molar-refractivity contribution < 1.29 is 0 Å². The van der Waals surface area contributed by atoms with Crippen LogP contribution in [0.1, 0.15) is 26.7 Å². The quantitative estimate of drug-likeness (QED) is 0.328. The summed E-state index contributed by atoms with van der Waals surface area (Å²) in [6.07, 6.45) is 8.01. The molecular weight excluding hydrogens is 290 g/mol. The summed E-state index contributed by atoms with van der Waals surface area (Å²) < 4.78 is 0. The molecule has 3 nitrogen and oxygen atoms in total. The molecule has 18 heavy (non-hydrogen) atoms. The molecule has 4 heteroatoms. The first-order valence-corrected chi connectivity index (χ1v) is 7.11. The lowest BCUT2D eigenvalue weighted by atomic mass is 9.99. The van der Waals surface area contributed by atoms with Crippen LogP contribution in [0.25, 0.3) is 0 Å². The van der Waals surface area contributed by atoms with Crippen LogP contribution in [0, 0.1) is 0 Å². The first-order chi connectivity index (χ1) is 8.65. The van der Waals surface area contributed by atoms with Gasteiger partial charge in [-0.25, -0.2) is 5.01 Å². The average Bonchev–Trinajstić information content (AvgIpc) is 2.78. The second-order valence-electron chi connectivity index (χ2n) is 4.14. The monoisotopic (exact) mass is 309 g/mol. The molecule has 0 bridgehead atoms. The number of nitrogens with zero attached hydrogens (tertiary/aromatic N) is 3. The number of amidine groups is 1. The molecule has 0 aromatic heterocycles. The van der Waals surface area contributed by atoms with Gasteiger partial charge in [-0.15, -0.1) is 0 Å². The van der Waals surface area contributed by atoms with Gasteiger partial charge < -0.3 is 0 Å². The van der Waals surface area contributed by atoms with E-state index in [1.54, 1.807) is 0 Å². The Morgan fingerprint density at radius 2 is 2.33 bits per heavy atom. The predicted octanol–water partition coefficient (Wildman–Crippen LogP) is 3.90. The van der Waals surface area contributed by atoms with Gasteiger partial charge in [0.05, 0.1) is 11.5 Å². The number of allylic oxidation sites excluding steroid dienone is 3. The minimum Gasteiger partial charge on any atom is -0.259 e. The molecule has 1 aliphatic heterocycles. The van der Waals surface area contributed by atoms with Gasteiger partial charge in [-0.3, -0.25) is 4.99 Å². The third-order valence-electron chi connectivity index (χ3n) is 3.04. The third kappa shape index (κ3) is 3.42. The molecule has 1 rings (SSSR count). The maximum atomic E-state index is 4.38. The number of alkyl halides is 1. The lowest BCUT2D eigenvalue weighted by molar-refractivity contribution is 0.398. The molecule has 1 saturated heterocycles. The van der Waals surface area contributed by atoms with Gasteiger partial charge in [0.2, 0.25) is 0 Å². The second-order valence-corrected chi connectivity index (χ2v) is 4.64. The Bertz CT molecular complexity index is 407. The first-order valence-electron chi connectivity index (χ1n) is 5.99. The van der Waals surface area contributed by atoms with Crippen LogP contribution < -0.4 is 0 Å². The highest BCUT2D eigenvalue weighted by Gasteiger charge is 2.31. The van der Waals surface area contributed by atoms with Crippen molar-refractivity contribution in [2.75, 3.05) is 5.45 Å². The number of hydrogen-bond donors (Lipinski definition) is 0. The maximum Gasteiger partial charge on any atom is 0.121 e. The molecule has 1 atom stereocenters. The van der Waals surface area contributed by atoms with Crippen LogP contribution in [-0.4, -0.2) is 29.1 Å². The van der Waals surface area contributed by atoms with Gasteiger partial charge in [0.25, 0.3) is 0 Å². The Kier molecular flexibility index (Phi) is 6.05. The van der Waals surface area contributed by atoms with Crippen molar-refractivity contribution in [2.24, 2.45) is 10.1 Å². The number of halogens is 1. The van der Waals surface area contributed by atoms with Crippen molar-refractivity contribution in [2.45, 2.75) is 32.7 Å². The molecule has 98 valence electrons. The van der Waals surface area contributed by atoms with E-state index in [1.807, 2.05) is 24.1 Å². The van der Waals surface area contributed by atoms with E-state index in [9.17, 15) is 0 Å². The summed E-state index contributed by atoms with van der Waals surface area (Å²) >= 11 is 3.32. The number of aliphatic imine (C=N–C) groups is 1. The minimum atomic E-state index is 0.182. The molecule has 1 heterocycles. The smallest absolute Gasteiger partial charge is 0.121 e. The Balaban J connectivity index is 2.87. The fourth-order valence-electron chi connectivity index (χ4n) is 2.02. The molecule has 0 aromatic carbocycles. The Labute approximate surface area is 118 Å². The summed E-state index contributed by atoms with van der Waals surface area (Å²) in [6.45, 7) is 11.9. The zero-order chi connectivity index (χ0) is 13.5. The van der Waals surface area contributed by atoms with Crippen molar-refractivity contribution in [3.8, 4) is 0 Å². The standard InChI is InChI=1S/C14H20BrN3/c1-5-6-7-11(2)12(3)13-8-9-14(17-10-15)18(13)16-4/h5-7,13H,3-4,8-10H2,1-2H3/b6-5-,11-7-,17-14?. The highest BCUT2D eigenvalue weighted by atomic mass is 79.9. The lowest BCUT2D eigenvalue weighted by Gasteiger charge is -2.23. The van der Waals surface area contributed by atoms with Gasteiger partial charge in [0.15, 0.2) is 0 Å². The Hall–Kier alpha value is -1.16. The normalized spacial score (nSPS) is 23.1. The molecule has 0 radical (unpaired) electrons. The summed E-state index contributed by atoms with van der Waals surface area (Å²) in [6, 6.07) is 0.182. The summed E-state index contributed by atoms with van der Waals surface area (Å²) in [5.41, 5.74) is 2.85. The van der Waals surface area contributed by atoms with E-state index in [1.165, 1.54) is 5.57 Å². The van der Waals surface area contributed by atoms with Crippen molar-refractivity contribution >= 4 is 28.5 Å². The molecule has 0 aliphatic carbocycles. The minimum absolute atomic E-state index is 0.182. The van der Waals surface area contributed by atoms with Gasteiger partial charge in [-0.05, 0) is 31.4 Å². The summed E-state index contributed by atoms with van der Waals surface area (Å²) in [5, 5.41) is 5.96. The van der Waals surface area contributed by atoms with Gasteiger partial charge in [-0.2, -0.15) is 5.10 Å². The highest BCUT2D eigenvalue weighted by molar-refractivity contribution is 9.09. The third-order valence-corrected chi connectivity index (χ3v) is 3.29. The SMILES string of the molecule is C=NN1C(=NCBr)CCC1C(=C)/C(C)=C\C=C/C. The summed E-state index contributed by atoms with van der Waals surface area (Å²) in [7, 11) is 0. The van der Waals surface area contributed by atoms with E-state index in [4.69, 9.17) is 0 Å². The van der Waals surface area contributed by atoms with E-state index >= 15 is 0 Å². The second kappa shape index (κ2) is 7.31. The summed E-state index contributed by atoms with van der Waals surface area (Å²) in [4.78, 5) is 4.38. The fraction of sp³-hybridized carbons (Fsp3) is 0.429. The van der Waals surface area contributed by atoms with Crippen molar-refractivity contribution in [1.29, 1.82) is 0 Å². The topological polar surface area (TPSA) is 28.0 Å². The van der Waals surface area contributed by atoms with Crippen molar-refractivity contribution in [1.82, 2.24) is 5.01 Å². The van der Waals surface area contributed by atoms with Gasteiger partial charge >= 0.3 is 0 Å². The zero-order valence-corrected chi connectivity index (χ0v) is 12.7. The van der Waals surface area contributed by atoms with Crippen LogP contribution in [0.2, 0.25) is 0 Å². The van der Waals surface area contributed by atoms with E-state index in [-0.39, 0.29) is 6.04 Å². The van der Waals surface area contributed by atoms with E-state index in [0.29, 0.717) is 5.45 Å². The van der Waals surface area contributed by atoms with Crippen LogP contribution in [0.15, 0.2) is 46.0 Å². The van der Waals surface area contributed by atoms with E-state index in [0.717, 1.165) is 24.3 Å². The van der Waals surface area contributed by atoms with Crippen LogP contribution in [0.3, 0.4) is 0 Å². The molecule has 0 aromatic rings. The van der Waals surface area contributed by atoms with Gasteiger partial charge in [0, 0.05) is 13.1 Å². The molecule has 0 amide bonds. The van der Waals surface area contributed by atoms with Gasteiger partial charge in [0.1, 0.15) is 5.84 Å². The first kappa shape index (κ1) is 14.9. The van der Waals surface area contributed by atoms with Crippen LogP contribution in [-0.2, 0) is 0 Å². The predicted molar refractivity (Wildman–Crippen MR) is 83.4 cm³/mol. The van der Waals surface area contributed by atoms with Crippen molar-refractivity contribution in [3.63, 3.8) is 0 Å². The molecular formula is C14H20BrN3. The summed E-state index contributed by atoms with van der Waals surface area (Å²) in [5.74, 6) is 0.979. The fourth-order valence-corrected chi connectivity index (χ4v) is 2.30. The van der Waals surface area contributed by atoms with Crippen LogP contribution in [0.4, 0.5) is 0 Å². The zero-order valence-electron chi connectivity index (χ0n) is 11.1. The Morgan fingerprint density at radius 1 is 1.61 bits per heavy atom. The Morgan fingerprint density at radius 3 is 2.89 bits per heavy atom. The molecule has 0 N–H and O–H groups in total. The maximum absolute atomic E-state index is 4.38. The molecule has 1 fully saturated rings. The molecule has 1 unspecified atom stereocenters. The molecule has 0 saturated carbocycles. The molecule has 1 aliphatic rings.